The molecule has 0 saturated heterocycles. The van der Waals surface area contributed by atoms with Gasteiger partial charge in [0.2, 0.25) is 0 Å². The normalized spacial score (nSPS) is 14.4. The van der Waals surface area contributed by atoms with E-state index in [4.69, 9.17) is 23.7 Å². The summed E-state index contributed by atoms with van der Waals surface area (Å²) in [6, 6.07) is 18.0. The number of thiazole rings is 1. The van der Waals surface area contributed by atoms with Crippen molar-refractivity contribution in [3.8, 4) is 23.0 Å². The fourth-order valence-corrected chi connectivity index (χ4v) is 6.58. The predicted octanol–water partition coefficient (Wildman–Crippen LogP) is 5.56. The number of aromatic nitrogens is 1. The molecule has 1 atom stereocenters. The van der Waals surface area contributed by atoms with Crippen LogP contribution in [0.3, 0.4) is 0 Å². The Morgan fingerprint density at radius 2 is 1.73 bits per heavy atom. The van der Waals surface area contributed by atoms with Crippen molar-refractivity contribution >= 4 is 39.3 Å². The maximum Gasteiger partial charge on any atom is 0.338 e. The van der Waals surface area contributed by atoms with Crippen LogP contribution in [0.25, 0.3) is 6.08 Å². The minimum Gasteiger partial charge on any atom is -0.493 e. The topological polar surface area (TPSA) is 97.6 Å². The van der Waals surface area contributed by atoms with Gasteiger partial charge >= 0.3 is 5.97 Å². The second-order valence-corrected chi connectivity index (χ2v) is 11.8. The molecule has 0 N–H and O–H groups in total. The molecule has 11 heteroatoms. The molecule has 0 aliphatic carbocycles. The minimum atomic E-state index is -0.856. The number of ether oxygens (including phenoxy) is 5. The first-order valence-corrected chi connectivity index (χ1v) is 16.0. The van der Waals surface area contributed by atoms with E-state index < -0.39 is 12.0 Å². The number of nitrogens with zero attached hydrogens (tertiary/aromatic N) is 2. The number of halogens is 1. The molecular formula is C34H33BrN2O7S. The van der Waals surface area contributed by atoms with Crippen LogP contribution in [0.15, 0.2) is 86.2 Å². The maximum atomic E-state index is 14.2. The van der Waals surface area contributed by atoms with Crippen LogP contribution in [0.4, 0.5) is 0 Å². The molecule has 0 saturated carbocycles. The van der Waals surface area contributed by atoms with Gasteiger partial charge in [-0.15, -0.1) is 0 Å². The number of allylic oxidation sites excluding steroid dienone is 1. The van der Waals surface area contributed by atoms with Gasteiger partial charge in [-0.3, -0.25) is 9.36 Å². The summed E-state index contributed by atoms with van der Waals surface area (Å²) in [7, 11) is 3.12. The Kier molecular flexibility index (Phi) is 10.1. The number of carbonyl (C=O) groups is 1. The SMILES string of the molecule is CCOC(=O)C1=C(C)N=c2s/c(=C/c3cc(OC)c(OCc4ccccc4)cc3Br)c(=O)n2[C@@H]1c1cccc(OC)c1OCC. The summed E-state index contributed by atoms with van der Waals surface area (Å²) in [4.78, 5) is 32.7. The van der Waals surface area contributed by atoms with Crippen molar-refractivity contribution in [1.82, 2.24) is 4.57 Å². The number of para-hydroxylation sites is 1. The number of hydrogen-bond donors (Lipinski definition) is 0. The van der Waals surface area contributed by atoms with Gasteiger partial charge in [-0.05, 0) is 56.2 Å². The van der Waals surface area contributed by atoms with Crippen molar-refractivity contribution < 1.29 is 28.5 Å². The molecule has 0 radical (unpaired) electrons. The van der Waals surface area contributed by atoms with Crippen LogP contribution in [0.5, 0.6) is 23.0 Å². The number of hydrogen-bond acceptors (Lipinski definition) is 9. The van der Waals surface area contributed by atoms with Gasteiger partial charge in [0.15, 0.2) is 27.8 Å². The number of fused-ring (bicyclic) bond motifs is 1. The number of benzene rings is 3. The number of methoxy groups -OCH3 is 2. The average Bonchev–Trinajstić information content (AvgIpc) is 3.34. The molecule has 1 aliphatic rings. The summed E-state index contributed by atoms with van der Waals surface area (Å²) in [5.74, 6) is 1.45. The Balaban J connectivity index is 1.64. The van der Waals surface area contributed by atoms with Gasteiger partial charge in [0.05, 0.1) is 43.2 Å². The second kappa shape index (κ2) is 14.2. The lowest BCUT2D eigenvalue weighted by Crippen LogP contribution is -2.40. The Hall–Kier alpha value is -4.35. The molecule has 0 spiro atoms. The van der Waals surface area contributed by atoms with Crippen LogP contribution in [0.2, 0.25) is 0 Å². The molecule has 234 valence electrons. The Labute approximate surface area is 273 Å². The first kappa shape index (κ1) is 32.1. The van der Waals surface area contributed by atoms with Gasteiger partial charge in [-0.25, -0.2) is 9.79 Å². The quantitative estimate of drug-likeness (QED) is 0.190. The van der Waals surface area contributed by atoms with E-state index in [1.807, 2.05) is 55.5 Å². The molecule has 1 aromatic heterocycles. The fraction of sp³-hybridized carbons (Fsp3) is 0.265. The highest BCUT2D eigenvalue weighted by atomic mass is 79.9. The molecule has 0 fully saturated rings. The number of carbonyl (C=O) groups excluding carboxylic acids is 1. The highest BCUT2D eigenvalue weighted by molar-refractivity contribution is 9.10. The summed E-state index contributed by atoms with van der Waals surface area (Å²) in [5, 5.41) is 0. The maximum absolute atomic E-state index is 14.2. The lowest BCUT2D eigenvalue weighted by Gasteiger charge is -2.26. The first-order chi connectivity index (χ1) is 21.8. The highest BCUT2D eigenvalue weighted by Gasteiger charge is 2.36. The zero-order valence-corrected chi connectivity index (χ0v) is 28.0. The Bertz CT molecular complexity index is 1930. The molecular weight excluding hydrogens is 660 g/mol. The predicted molar refractivity (Wildman–Crippen MR) is 176 cm³/mol. The van der Waals surface area contributed by atoms with E-state index in [2.05, 4.69) is 20.9 Å². The largest absolute Gasteiger partial charge is 0.493 e. The van der Waals surface area contributed by atoms with Crippen molar-refractivity contribution in [3.05, 3.63) is 113 Å². The standard InChI is InChI=1S/C34H33BrN2O7S/c1-6-42-31-23(14-11-15-25(31)40-4)30-29(33(39)43-7-2)20(3)36-34-37(30)32(38)28(45-34)17-22-16-26(41-5)27(18-24(22)35)44-19-21-12-9-8-10-13-21/h8-18,30H,6-7,19H2,1-5H3/b28-17+/t30-/m1/s1. The minimum absolute atomic E-state index is 0.171. The van der Waals surface area contributed by atoms with E-state index >= 15 is 0 Å². The van der Waals surface area contributed by atoms with E-state index in [9.17, 15) is 9.59 Å². The van der Waals surface area contributed by atoms with Gasteiger partial charge in [0, 0.05) is 10.0 Å². The zero-order valence-electron chi connectivity index (χ0n) is 25.6. The third-order valence-corrected chi connectivity index (χ3v) is 8.81. The molecule has 4 aromatic rings. The zero-order chi connectivity index (χ0) is 32.1. The fourth-order valence-electron chi connectivity index (χ4n) is 5.10. The molecule has 3 aromatic carbocycles. The second-order valence-electron chi connectivity index (χ2n) is 9.91. The Morgan fingerprint density at radius 1 is 0.978 bits per heavy atom. The van der Waals surface area contributed by atoms with Crippen LogP contribution in [-0.2, 0) is 16.1 Å². The highest BCUT2D eigenvalue weighted by Crippen LogP contribution is 2.41. The molecule has 9 nitrogen and oxygen atoms in total. The summed E-state index contributed by atoms with van der Waals surface area (Å²) >= 11 is 4.87. The van der Waals surface area contributed by atoms with Crippen LogP contribution >= 0.6 is 27.3 Å². The summed E-state index contributed by atoms with van der Waals surface area (Å²) in [5.41, 5.74) is 2.71. The average molecular weight is 694 g/mol. The van der Waals surface area contributed by atoms with Crippen molar-refractivity contribution in [2.45, 2.75) is 33.4 Å². The molecule has 0 bridgehead atoms. The number of esters is 1. The summed E-state index contributed by atoms with van der Waals surface area (Å²) < 4.78 is 31.4. The Morgan fingerprint density at radius 3 is 2.42 bits per heavy atom. The first-order valence-electron chi connectivity index (χ1n) is 14.3. The van der Waals surface area contributed by atoms with Crippen LogP contribution < -0.4 is 33.8 Å². The van der Waals surface area contributed by atoms with E-state index in [1.54, 1.807) is 46.3 Å². The molecule has 1 aliphatic heterocycles. The third kappa shape index (κ3) is 6.55. The van der Waals surface area contributed by atoms with E-state index in [-0.39, 0.29) is 17.7 Å². The number of rotatable bonds is 11. The summed E-state index contributed by atoms with van der Waals surface area (Å²) in [6.45, 7) is 6.24. The van der Waals surface area contributed by atoms with Crippen LogP contribution in [0, 0.1) is 0 Å². The van der Waals surface area contributed by atoms with E-state index in [0.29, 0.717) is 66.8 Å². The lowest BCUT2D eigenvalue weighted by atomic mass is 9.94. The van der Waals surface area contributed by atoms with Crippen molar-refractivity contribution in [2.24, 2.45) is 4.99 Å². The summed E-state index contributed by atoms with van der Waals surface area (Å²) in [6.07, 6.45) is 1.77. The van der Waals surface area contributed by atoms with Crippen molar-refractivity contribution in [2.75, 3.05) is 27.4 Å². The third-order valence-electron chi connectivity index (χ3n) is 7.14. The molecule has 0 amide bonds. The van der Waals surface area contributed by atoms with Gasteiger partial charge in [-0.2, -0.15) is 0 Å². The smallest absolute Gasteiger partial charge is 0.338 e. The van der Waals surface area contributed by atoms with Gasteiger partial charge in [0.1, 0.15) is 12.6 Å². The van der Waals surface area contributed by atoms with Crippen LogP contribution in [0.1, 0.15) is 43.5 Å². The molecule has 2 heterocycles. The van der Waals surface area contributed by atoms with E-state index in [1.165, 1.54) is 15.9 Å². The van der Waals surface area contributed by atoms with Gasteiger partial charge in [0.25, 0.3) is 5.56 Å². The molecule has 0 unspecified atom stereocenters. The van der Waals surface area contributed by atoms with E-state index in [0.717, 1.165) is 5.56 Å². The van der Waals surface area contributed by atoms with Gasteiger partial charge < -0.3 is 23.7 Å². The van der Waals surface area contributed by atoms with Crippen LogP contribution in [-0.4, -0.2) is 38.0 Å². The van der Waals surface area contributed by atoms with Crippen molar-refractivity contribution in [3.63, 3.8) is 0 Å². The monoisotopic (exact) mass is 692 g/mol. The van der Waals surface area contributed by atoms with Crippen molar-refractivity contribution in [1.29, 1.82) is 0 Å². The lowest BCUT2D eigenvalue weighted by molar-refractivity contribution is -0.139. The van der Waals surface area contributed by atoms with Gasteiger partial charge in [-0.1, -0.05) is 69.7 Å². The molecule has 5 rings (SSSR count). The molecule has 45 heavy (non-hydrogen) atoms.